The van der Waals surface area contributed by atoms with Crippen molar-refractivity contribution in [1.82, 2.24) is 14.5 Å². The van der Waals surface area contributed by atoms with Gasteiger partial charge in [-0.1, -0.05) is 12.1 Å². The second-order valence-electron chi connectivity index (χ2n) is 4.63. The molecule has 2 heterocycles. The van der Waals surface area contributed by atoms with Crippen molar-refractivity contribution in [2.75, 3.05) is 13.7 Å². The molecular weight excluding hydrogens is 347 g/mol. The zero-order chi connectivity index (χ0) is 16.4. The molecule has 0 atom stereocenters. The van der Waals surface area contributed by atoms with Crippen LogP contribution < -0.4 is 0 Å². The lowest BCUT2D eigenvalue weighted by Crippen LogP contribution is -2.06. The molecule has 122 valence electrons. The summed E-state index contributed by atoms with van der Waals surface area (Å²) in [4.78, 5) is 8.13. The number of nitrogens with zero attached hydrogens (tertiary/aromatic N) is 3. The maximum absolute atomic E-state index is 12.7. The minimum absolute atomic E-state index is 0.311. The molecule has 0 aliphatic heterocycles. The molecule has 1 aromatic carbocycles. The van der Waals surface area contributed by atoms with Gasteiger partial charge in [0, 0.05) is 19.0 Å². The summed E-state index contributed by atoms with van der Waals surface area (Å²) in [5, 5.41) is 1.62. The number of alkyl halides is 3. The third-order valence-corrected chi connectivity index (χ3v) is 5.02. The monoisotopic (exact) mass is 359 g/mol. The highest BCUT2D eigenvalue weighted by Gasteiger charge is 2.34. The van der Waals surface area contributed by atoms with Crippen molar-refractivity contribution in [2.45, 2.75) is 22.2 Å². The SMILES string of the molecule is COCCn1c(Sc2nc(C(F)(F)F)cs2)nc2ccccc21. The van der Waals surface area contributed by atoms with Crippen molar-refractivity contribution in [2.24, 2.45) is 0 Å². The Hall–Kier alpha value is -1.58. The van der Waals surface area contributed by atoms with Gasteiger partial charge in [-0.3, -0.25) is 0 Å². The molecule has 0 unspecified atom stereocenters. The maximum Gasteiger partial charge on any atom is 0.434 e. The molecular formula is C14H12F3N3OS2. The largest absolute Gasteiger partial charge is 0.434 e. The second kappa shape index (κ2) is 6.50. The molecule has 9 heteroatoms. The van der Waals surface area contributed by atoms with Crippen molar-refractivity contribution in [3.8, 4) is 0 Å². The van der Waals surface area contributed by atoms with E-state index in [0.717, 1.165) is 39.5 Å². The third kappa shape index (κ3) is 3.51. The van der Waals surface area contributed by atoms with Gasteiger partial charge in [-0.15, -0.1) is 11.3 Å². The summed E-state index contributed by atoms with van der Waals surface area (Å²) in [5.41, 5.74) is 0.836. The van der Waals surface area contributed by atoms with Crippen LogP contribution in [0.3, 0.4) is 0 Å². The normalized spacial score (nSPS) is 12.2. The zero-order valence-corrected chi connectivity index (χ0v) is 13.6. The van der Waals surface area contributed by atoms with E-state index in [2.05, 4.69) is 9.97 Å². The lowest BCUT2D eigenvalue weighted by Gasteiger charge is -2.07. The first kappa shape index (κ1) is 16.3. The van der Waals surface area contributed by atoms with Gasteiger partial charge in [-0.2, -0.15) is 13.2 Å². The van der Waals surface area contributed by atoms with Crippen LogP contribution in [-0.2, 0) is 17.5 Å². The number of rotatable bonds is 5. The number of ether oxygens (including phenoxy) is 1. The molecule has 0 amide bonds. The number of benzene rings is 1. The number of hydrogen-bond donors (Lipinski definition) is 0. The maximum atomic E-state index is 12.7. The van der Waals surface area contributed by atoms with Gasteiger partial charge in [0.1, 0.15) is 0 Å². The molecule has 0 aliphatic carbocycles. The first-order chi connectivity index (χ1) is 11.0. The first-order valence-corrected chi connectivity index (χ1v) is 8.33. The van der Waals surface area contributed by atoms with E-state index >= 15 is 0 Å². The Morgan fingerprint density at radius 1 is 1.26 bits per heavy atom. The molecule has 0 bridgehead atoms. The molecule has 0 saturated heterocycles. The molecule has 23 heavy (non-hydrogen) atoms. The van der Waals surface area contributed by atoms with Crippen LogP contribution in [0.1, 0.15) is 5.69 Å². The predicted molar refractivity (Wildman–Crippen MR) is 82.8 cm³/mol. The van der Waals surface area contributed by atoms with Gasteiger partial charge in [0.25, 0.3) is 0 Å². The van der Waals surface area contributed by atoms with Gasteiger partial charge in [-0.25, -0.2) is 9.97 Å². The summed E-state index contributed by atoms with van der Waals surface area (Å²) >= 11 is 2.09. The summed E-state index contributed by atoms with van der Waals surface area (Å²) in [6.45, 7) is 1.05. The van der Waals surface area contributed by atoms with Crippen LogP contribution in [0.15, 0.2) is 39.1 Å². The Morgan fingerprint density at radius 3 is 2.74 bits per heavy atom. The van der Waals surface area contributed by atoms with Crippen molar-refractivity contribution >= 4 is 34.1 Å². The molecule has 2 aromatic heterocycles. The second-order valence-corrected chi connectivity index (χ2v) is 6.70. The topological polar surface area (TPSA) is 39.9 Å². The molecule has 3 aromatic rings. The summed E-state index contributed by atoms with van der Waals surface area (Å²) in [5.74, 6) is 0. The Labute approximate surface area is 138 Å². The van der Waals surface area contributed by atoms with Crippen LogP contribution in [0.25, 0.3) is 11.0 Å². The summed E-state index contributed by atoms with van der Waals surface area (Å²) < 4.78 is 45.3. The van der Waals surface area contributed by atoms with E-state index in [9.17, 15) is 13.2 Å². The van der Waals surface area contributed by atoms with Gasteiger partial charge in [0.05, 0.1) is 17.6 Å². The van der Waals surface area contributed by atoms with Crippen molar-refractivity contribution in [1.29, 1.82) is 0 Å². The van der Waals surface area contributed by atoms with Gasteiger partial charge in [0.2, 0.25) is 0 Å². The number of halogens is 3. The molecule has 0 spiro atoms. The Kier molecular flexibility index (Phi) is 4.60. The average Bonchev–Trinajstić information content (AvgIpc) is 3.10. The fraction of sp³-hybridized carbons (Fsp3) is 0.286. The summed E-state index contributed by atoms with van der Waals surface area (Å²) in [6.07, 6.45) is -4.43. The minimum Gasteiger partial charge on any atom is -0.383 e. The van der Waals surface area contributed by atoms with Crippen LogP contribution in [0.2, 0.25) is 0 Å². The van der Waals surface area contributed by atoms with Crippen molar-refractivity contribution in [3.05, 3.63) is 35.3 Å². The number of fused-ring (bicyclic) bond motifs is 1. The zero-order valence-electron chi connectivity index (χ0n) is 12.0. The molecule has 0 radical (unpaired) electrons. The van der Waals surface area contributed by atoms with Crippen LogP contribution in [0.4, 0.5) is 13.2 Å². The number of hydrogen-bond acceptors (Lipinski definition) is 5. The van der Waals surface area contributed by atoms with Crippen molar-refractivity contribution in [3.63, 3.8) is 0 Å². The lowest BCUT2D eigenvalue weighted by atomic mass is 10.3. The molecule has 0 fully saturated rings. The van der Waals surface area contributed by atoms with Gasteiger partial charge in [-0.05, 0) is 23.9 Å². The first-order valence-electron chi connectivity index (χ1n) is 6.64. The number of thiazole rings is 1. The number of para-hydroxylation sites is 2. The lowest BCUT2D eigenvalue weighted by molar-refractivity contribution is -0.141. The summed E-state index contributed by atoms with van der Waals surface area (Å²) in [7, 11) is 1.60. The smallest absolute Gasteiger partial charge is 0.383 e. The highest BCUT2D eigenvalue weighted by molar-refractivity contribution is 8.00. The molecule has 0 N–H and O–H groups in total. The molecule has 0 aliphatic rings. The van der Waals surface area contributed by atoms with Crippen LogP contribution >= 0.6 is 23.1 Å². The standard InChI is InChI=1S/C14H12F3N3OS2/c1-21-7-6-20-10-5-3-2-4-9(10)18-12(20)23-13-19-11(8-22-13)14(15,16)17/h2-5,8H,6-7H2,1H3. The van der Waals surface area contributed by atoms with Gasteiger partial charge < -0.3 is 9.30 Å². The van der Waals surface area contributed by atoms with E-state index < -0.39 is 11.9 Å². The van der Waals surface area contributed by atoms with E-state index in [1.165, 1.54) is 0 Å². The van der Waals surface area contributed by atoms with Gasteiger partial charge >= 0.3 is 6.18 Å². The third-order valence-electron chi connectivity index (χ3n) is 3.09. The fourth-order valence-corrected chi connectivity index (χ4v) is 3.90. The highest BCUT2D eigenvalue weighted by Crippen LogP contribution is 2.36. The predicted octanol–water partition coefficient (Wildman–Crippen LogP) is 4.31. The molecule has 0 saturated carbocycles. The number of aromatic nitrogens is 3. The fourth-order valence-electron chi connectivity index (χ4n) is 2.04. The quantitative estimate of drug-likeness (QED) is 0.681. The minimum atomic E-state index is -4.43. The average molecular weight is 359 g/mol. The number of methoxy groups -OCH3 is 1. The number of imidazole rings is 1. The summed E-state index contributed by atoms with van der Waals surface area (Å²) in [6, 6.07) is 7.55. The van der Waals surface area contributed by atoms with E-state index in [-0.39, 0.29) is 0 Å². The van der Waals surface area contributed by atoms with Crippen LogP contribution in [0.5, 0.6) is 0 Å². The van der Waals surface area contributed by atoms with E-state index in [1.54, 1.807) is 7.11 Å². The molecule has 3 rings (SSSR count). The van der Waals surface area contributed by atoms with Crippen molar-refractivity contribution < 1.29 is 17.9 Å². The molecule has 4 nitrogen and oxygen atoms in total. The van der Waals surface area contributed by atoms with E-state index in [0.29, 0.717) is 22.6 Å². The van der Waals surface area contributed by atoms with Crippen LogP contribution in [0, 0.1) is 0 Å². The Balaban J connectivity index is 1.94. The Morgan fingerprint density at radius 2 is 2.04 bits per heavy atom. The van der Waals surface area contributed by atoms with Gasteiger partial charge in [0.15, 0.2) is 15.2 Å². The highest BCUT2D eigenvalue weighted by atomic mass is 32.2. The van der Waals surface area contributed by atoms with E-state index in [4.69, 9.17) is 4.74 Å². The van der Waals surface area contributed by atoms with E-state index in [1.807, 2.05) is 28.8 Å². The Bertz CT molecular complexity index is 813. The van der Waals surface area contributed by atoms with Crippen LogP contribution in [-0.4, -0.2) is 28.3 Å².